The third-order valence-corrected chi connectivity index (χ3v) is 6.12. The Hall–Kier alpha value is -1.36. The van der Waals surface area contributed by atoms with Gasteiger partial charge < -0.3 is 0 Å². The van der Waals surface area contributed by atoms with E-state index in [1.165, 1.54) is 11.4 Å². The van der Waals surface area contributed by atoms with Crippen LogP contribution < -0.4 is 0 Å². The summed E-state index contributed by atoms with van der Waals surface area (Å²) in [6, 6.07) is 10.8. The Balaban J connectivity index is 0.00000153. The second-order valence-electron chi connectivity index (χ2n) is 13.8. The van der Waals surface area contributed by atoms with Gasteiger partial charge in [-0.05, 0) is 24.3 Å². The molecule has 5 nitrogen and oxygen atoms in total. The van der Waals surface area contributed by atoms with Crippen LogP contribution in [0.1, 0.15) is 117 Å². The Labute approximate surface area is 239 Å². The van der Waals surface area contributed by atoms with Crippen molar-refractivity contribution in [2.24, 2.45) is 0 Å². The fraction of sp³-hybridized carbons (Fsp3) is 0.621. The van der Waals surface area contributed by atoms with Crippen LogP contribution in [0.25, 0.3) is 0 Å². The molecule has 0 aliphatic carbocycles. The molecule has 37 heavy (non-hydrogen) atoms. The molecule has 210 valence electrons. The Morgan fingerprint density at radius 1 is 0.622 bits per heavy atom. The summed E-state index contributed by atoms with van der Waals surface area (Å²) in [6.07, 6.45) is 0. The fourth-order valence-electron chi connectivity index (χ4n) is 4.03. The number of hydrogen-bond donors (Lipinski definition) is 0. The third kappa shape index (κ3) is 8.83. The molecular weight excluding hydrogens is 548 g/mol. The summed E-state index contributed by atoms with van der Waals surface area (Å²) in [6.45, 7) is 28.1. The van der Waals surface area contributed by atoms with Crippen molar-refractivity contribution in [2.75, 3.05) is 0 Å². The number of aromatic nitrogens is 5. The summed E-state index contributed by atoms with van der Waals surface area (Å²) in [5, 5.41) is 9.99. The zero-order valence-electron chi connectivity index (χ0n) is 24.6. The molecule has 0 amide bonds. The standard InChI is InChI=1S/C29H45N5.2ClH.Ni/c1-26(2,3)22-16-24(28(7,8)9)33(31-22)18-20-14-13-15-21(30-20)19-34-25(29(10,11)12)17-23(32-34)27(4,5)6;;;/h13-17H,18-19H2,1-12H3;2*1H;/q;;;+2/p-2. The maximum atomic E-state index is 5.03. The number of rotatable bonds is 4. The first-order valence-corrected chi connectivity index (χ1v) is 15.4. The van der Waals surface area contributed by atoms with E-state index in [1.807, 2.05) is 0 Å². The van der Waals surface area contributed by atoms with Gasteiger partial charge in [0.05, 0.1) is 35.9 Å². The summed E-state index contributed by atoms with van der Waals surface area (Å²) in [5.41, 5.74) is 6.79. The van der Waals surface area contributed by atoms with E-state index in [-0.39, 0.29) is 21.7 Å². The number of hydrogen-bond acceptors (Lipinski definition) is 3. The van der Waals surface area contributed by atoms with Gasteiger partial charge in [-0.25, -0.2) is 0 Å². The van der Waals surface area contributed by atoms with E-state index in [1.54, 1.807) is 0 Å². The van der Waals surface area contributed by atoms with Gasteiger partial charge in [0.1, 0.15) is 0 Å². The molecule has 8 heteroatoms. The minimum atomic E-state index is 0.00807. The van der Waals surface area contributed by atoms with Crippen LogP contribution in [0.2, 0.25) is 0 Å². The predicted molar refractivity (Wildman–Crippen MR) is 153 cm³/mol. The Kier molecular flexibility index (Phi) is 10.2. The molecule has 0 saturated carbocycles. The molecule has 3 aromatic heterocycles. The molecule has 0 aliphatic rings. The van der Waals surface area contributed by atoms with E-state index in [0.717, 1.165) is 22.8 Å². The molecule has 3 aromatic rings. The monoisotopic (exact) mass is 591 g/mol. The van der Waals surface area contributed by atoms with Crippen LogP contribution in [-0.2, 0) is 47.4 Å². The molecule has 3 rings (SSSR count). The van der Waals surface area contributed by atoms with Crippen LogP contribution in [0, 0.1) is 0 Å². The number of nitrogens with zero attached hydrogens (tertiary/aromatic N) is 5. The van der Waals surface area contributed by atoms with E-state index in [0.29, 0.717) is 25.7 Å². The van der Waals surface area contributed by atoms with Crippen LogP contribution in [0.3, 0.4) is 0 Å². The molecule has 0 atom stereocenters. The van der Waals surface area contributed by atoms with E-state index in [4.69, 9.17) is 35.6 Å². The Bertz CT molecular complexity index is 1080. The van der Waals surface area contributed by atoms with Crippen molar-refractivity contribution in [3.05, 3.63) is 64.5 Å². The molecule has 0 bridgehead atoms. The fourth-order valence-corrected chi connectivity index (χ4v) is 4.03. The molecule has 0 radical (unpaired) electrons. The van der Waals surface area contributed by atoms with Crippen molar-refractivity contribution in [1.29, 1.82) is 0 Å². The molecule has 0 unspecified atom stereocenters. The SMILES string of the molecule is CC(C)(C)c1cc(C(C)(C)C)n(Cc2cccc(Cn3nc(C(C)(C)C)cc3C(C)(C)C)n2)n1.[Cl][Ni][Cl]. The predicted octanol–water partition coefficient (Wildman–Crippen LogP) is 8.14. The van der Waals surface area contributed by atoms with Crippen molar-refractivity contribution >= 4 is 20.4 Å². The van der Waals surface area contributed by atoms with E-state index in [2.05, 4.69) is 123 Å². The average Bonchev–Trinajstić information content (AvgIpc) is 3.33. The quantitative estimate of drug-likeness (QED) is 0.287. The molecule has 0 aromatic carbocycles. The molecule has 0 spiro atoms. The van der Waals surface area contributed by atoms with Gasteiger partial charge in [-0.15, -0.1) is 0 Å². The second kappa shape index (κ2) is 11.8. The summed E-state index contributed by atoms with van der Waals surface area (Å²) < 4.78 is 4.28. The van der Waals surface area contributed by atoms with Gasteiger partial charge >= 0.3 is 33.0 Å². The Morgan fingerprint density at radius 3 is 1.22 bits per heavy atom. The zero-order valence-corrected chi connectivity index (χ0v) is 27.1. The van der Waals surface area contributed by atoms with Crippen molar-refractivity contribution in [1.82, 2.24) is 24.5 Å². The summed E-state index contributed by atoms with van der Waals surface area (Å²) >= 11 is 0.569. The van der Waals surface area contributed by atoms with E-state index < -0.39 is 0 Å². The Morgan fingerprint density at radius 2 is 0.946 bits per heavy atom. The minimum absolute atomic E-state index is 0.00807. The van der Waals surface area contributed by atoms with Gasteiger partial charge in [-0.2, -0.15) is 10.2 Å². The molecule has 0 N–H and O–H groups in total. The van der Waals surface area contributed by atoms with Crippen molar-refractivity contribution in [2.45, 2.75) is 118 Å². The third-order valence-electron chi connectivity index (χ3n) is 6.12. The van der Waals surface area contributed by atoms with Gasteiger partial charge in [0.25, 0.3) is 0 Å². The summed E-state index contributed by atoms with van der Waals surface area (Å²) in [7, 11) is 9.40. The molecule has 0 aliphatic heterocycles. The van der Waals surface area contributed by atoms with Crippen LogP contribution >= 0.6 is 20.4 Å². The normalized spacial score (nSPS) is 13.0. The van der Waals surface area contributed by atoms with Crippen LogP contribution in [0.4, 0.5) is 0 Å². The maximum absolute atomic E-state index is 5.03. The average molecular weight is 593 g/mol. The van der Waals surface area contributed by atoms with Gasteiger partial charge in [0.2, 0.25) is 0 Å². The number of halogens is 2. The van der Waals surface area contributed by atoms with E-state index >= 15 is 0 Å². The van der Waals surface area contributed by atoms with Crippen LogP contribution in [0.5, 0.6) is 0 Å². The van der Waals surface area contributed by atoms with Crippen LogP contribution in [-0.4, -0.2) is 24.5 Å². The topological polar surface area (TPSA) is 48.5 Å². The van der Waals surface area contributed by atoms with Gasteiger partial charge in [0, 0.05) is 33.0 Å². The molecule has 0 fully saturated rings. The summed E-state index contributed by atoms with van der Waals surface area (Å²) in [4.78, 5) is 5.03. The van der Waals surface area contributed by atoms with Gasteiger partial charge in [-0.1, -0.05) is 89.2 Å². The number of pyridine rings is 1. The van der Waals surface area contributed by atoms with Crippen molar-refractivity contribution in [3.8, 4) is 0 Å². The second-order valence-corrected chi connectivity index (χ2v) is 15.4. The first-order valence-electron chi connectivity index (χ1n) is 12.7. The van der Waals surface area contributed by atoms with Gasteiger partial charge in [-0.3, -0.25) is 14.3 Å². The van der Waals surface area contributed by atoms with Gasteiger partial charge in [0.15, 0.2) is 0 Å². The summed E-state index contributed by atoms with van der Waals surface area (Å²) in [5.74, 6) is 0. The molecular formula is C29H45Cl2N5Ni. The first-order chi connectivity index (χ1) is 16.8. The van der Waals surface area contributed by atoms with Crippen molar-refractivity contribution < 1.29 is 12.7 Å². The van der Waals surface area contributed by atoms with Crippen LogP contribution in [0.15, 0.2) is 30.3 Å². The molecule has 0 saturated heterocycles. The molecule has 3 heterocycles. The first kappa shape index (κ1) is 31.9. The van der Waals surface area contributed by atoms with Crippen molar-refractivity contribution in [3.63, 3.8) is 0 Å². The van der Waals surface area contributed by atoms with E-state index in [9.17, 15) is 0 Å². The zero-order chi connectivity index (χ0) is 28.4.